The van der Waals surface area contributed by atoms with Crippen molar-refractivity contribution >= 4 is 5.91 Å². The van der Waals surface area contributed by atoms with Crippen LogP contribution in [0.25, 0.3) is 0 Å². The normalized spacial score (nSPS) is 16.0. The SMILES string of the molecule is CC[C@@H](C)[C@H](C)C(=O)NO. The highest BCUT2D eigenvalue weighted by atomic mass is 16.5. The predicted octanol–water partition coefficient (Wildman–Crippen LogP) is 1.17. The summed E-state index contributed by atoms with van der Waals surface area (Å²) in [6.07, 6.45) is 0.953. The third-order valence-corrected chi connectivity index (χ3v) is 2.02. The highest BCUT2D eigenvalue weighted by Crippen LogP contribution is 2.13. The summed E-state index contributed by atoms with van der Waals surface area (Å²) in [7, 11) is 0. The molecule has 0 radical (unpaired) electrons. The fraction of sp³-hybridized carbons (Fsp3) is 0.857. The Balaban J connectivity index is 3.81. The molecule has 3 nitrogen and oxygen atoms in total. The molecule has 3 heteroatoms. The Bertz CT molecular complexity index is 114. The molecule has 0 rings (SSSR count). The summed E-state index contributed by atoms with van der Waals surface area (Å²) in [5.41, 5.74) is 1.64. The first-order valence-electron chi connectivity index (χ1n) is 3.57. The molecular formula is C7H15NO2. The molecule has 0 aromatic heterocycles. The number of hydrogen-bond acceptors (Lipinski definition) is 2. The molecule has 0 heterocycles. The molecule has 10 heavy (non-hydrogen) atoms. The molecule has 0 aliphatic carbocycles. The van der Waals surface area contributed by atoms with Gasteiger partial charge in [-0.05, 0) is 5.92 Å². The minimum Gasteiger partial charge on any atom is -0.289 e. The summed E-state index contributed by atoms with van der Waals surface area (Å²) in [6.45, 7) is 5.81. The van der Waals surface area contributed by atoms with Crippen LogP contribution in [0.2, 0.25) is 0 Å². The lowest BCUT2D eigenvalue weighted by Crippen LogP contribution is -2.29. The number of hydrogen-bond donors (Lipinski definition) is 2. The highest BCUT2D eigenvalue weighted by molar-refractivity contribution is 5.77. The minimum atomic E-state index is -0.297. The highest BCUT2D eigenvalue weighted by Gasteiger charge is 2.17. The van der Waals surface area contributed by atoms with E-state index in [4.69, 9.17) is 5.21 Å². The summed E-state index contributed by atoms with van der Waals surface area (Å²) in [5, 5.41) is 8.25. The molecule has 0 aliphatic heterocycles. The maximum atomic E-state index is 10.8. The van der Waals surface area contributed by atoms with E-state index >= 15 is 0 Å². The molecule has 60 valence electrons. The molecule has 0 aromatic rings. The molecule has 0 bridgehead atoms. The number of hydroxylamine groups is 1. The standard InChI is InChI=1S/C7H15NO2/c1-4-5(2)6(3)7(9)8-10/h5-6,10H,4H2,1-3H3,(H,8,9)/t5-,6+/m1/s1. The lowest BCUT2D eigenvalue weighted by Gasteiger charge is -2.14. The number of amides is 1. The molecule has 0 aliphatic rings. The van der Waals surface area contributed by atoms with E-state index in [0.717, 1.165) is 6.42 Å². The van der Waals surface area contributed by atoms with Gasteiger partial charge in [-0.2, -0.15) is 0 Å². The van der Waals surface area contributed by atoms with Gasteiger partial charge in [0, 0.05) is 5.92 Å². The van der Waals surface area contributed by atoms with Crippen LogP contribution >= 0.6 is 0 Å². The van der Waals surface area contributed by atoms with E-state index in [-0.39, 0.29) is 11.8 Å². The summed E-state index contributed by atoms with van der Waals surface area (Å²) in [4.78, 5) is 10.8. The molecule has 1 amide bonds. The summed E-state index contributed by atoms with van der Waals surface area (Å²) in [5.74, 6) is -0.0727. The lowest BCUT2D eigenvalue weighted by atomic mass is 9.93. The van der Waals surface area contributed by atoms with Crippen LogP contribution in [0.3, 0.4) is 0 Å². The number of rotatable bonds is 3. The predicted molar refractivity (Wildman–Crippen MR) is 38.5 cm³/mol. The molecule has 2 atom stereocenters. The van der Waals surface area contributed by atoms with Gasteiger partial charge in [0.2, 0.25) is 5.91 Å². The van der Waals surface area contributed by atoms with Crippen molar-refractivity contribution in [2.75, 3.05) is 0 Å². The number of carbonyl (C=O) groups is 1. The van der Waals surface area contributed by atoms with Crippen LogP contribution in [0.1, 0.15) is 27.2 Å². The van der Waals surface area contributed by atoms with Crippen molar-refractivity contribution in [2.24, 2.45) is 11.8 Å². The Morgan fingerprint density at radius 3 is 2.40 bits per heavy atom. The van der Waals surface area contributed by atoms with Gasteiger partial charge in [-0.25, -0.2) is 5.48 Å². The Morgan fingerprint density at radius 1 is 1.60 bits per heavy atom. The van der Waals surface area contributed by atoms with Crippen molar-refractivity contribution < 1.29 is 10.0 Å². The van der Waals surface area contributed by atoms with Crippen molar-refractivity contribution in [3.05, 3.63) is 0 Å². The van der Waals surface area contributed by atoms with Crippen molar-refractivity contribution in [3.63, 3.8) is 0 Å². The van der Waals surface area contributed by atoms with E-state index in [1.807, 2.05) is 13.8 Å². The van der Waals surface area contributed by atoms with Gasteiger partial charge in [0.05, 0.1) is 0 Å². The second-order valence-corrected chi connectivity index (χ2v) is 2.65. The van der Waals surface area contributed by atoms with Gasteiger partial charge < -0.3 is 0 Å². The van der Waals surface area contributed by atoms with Crippen LogP contribution in [0.4, 0.5) is 0 Å². The molecule has 0 unspecified atom stereocenters. The molecule has 0 fully saturated rings. The van der Waals surface area contributed by atoms with E-state index in [9.17, 15) is 4.79 Å². The van der Waals surface area contributed by atoms with E-state index in [1.54, 1.807) is 12.4 Å². The molecule has 0 saturated heterocycles. The summed E-state index contributed by atoms with van der Waals surface area (Å²) < 4.78 is 0. The zero-order chi connectivity index (χ0) is 8.15. The van der Waals surface area contributed by atoms with Crippen molar-refractivity contribution in [3.8, 4) is 0 Å². The van der Waals surface area contributed by atoms with Crippen LogP contribution in [0.15, 0.2) is 0 Å². The third kappa shape index (κ3) is 2.35. The average Bonchev–Trinajstić information content (AvgIpc) is 2.00. The molecule has 2 N–H and O–H groups in total. The Hall–Kier alpha value is -0.570. The van der Waals surface area contributed by atoms with Gasteiger partial charge in [0.15, 0.2) is 0 Å². The smallest absolute Gasteiger partial charge is 0.246 e. The van der Waals surface area contributed by atoms with Crippen LogP contribution in [-0.2, 0) is 4.79 Å². The van der Waals surface area contributed by atoms with Crippen LogP contribution in [0.5, 0.6) is 0 Å². The van der Waals surface area contributed by atoms with Crippen LogP contribution < -0.4 is 5.48 Å². The first-order chi connectivity index (χ1) is 4.63. The van der Waals surface area contributed by atoms with Gasteiger partial charge in [0.1, 0.15) is 0 Å². The lowest BCUT2D eigenvalue weighted by molar-refractivity contribution is -0.134. The number of nitrogens with one attached hydrogen (secondary N) is 1. The maximum absolute atomic E-state index is 10.8. The number of carbonyl (C=O) groups excluding carboxylic acids is 1. The van der Waals surface area contributed by atoms with Crippen LogP contribution in [0, 0.1) is 11.8 Å². The van der Waals surface area contributed by atoms with E-state index in [1.165, 1.54) is 0 Å². The zero-order valence-electron chi connectivity index (χ0n) is 6.72. The fourth-order valence-corrected chi connectivity index (χ4v) is 0.714. The largest absolute Gasteiger partial charge is 0.289 e. The quantitative estimate of drug-likeness (QED) is 0.462. The van der Waals surface area contributed by atoms with E-state index in [2.05, 4.69) is 0 Å². The molecule has 0 spiro atoms. The summed E-state index contributed by atoms with van der Waals surface area (Å²) >= 11 is 0. The van der Waals surface area contributed by atoms with E-state index in [0.29, 0.717) is 5.92 Å². The second-order valence-electron chi connectivity index (χ2n) is 2.65. The molecule has 0 aromatic carbocycles. The maximum Gasteiger partial charge on any atom is 0.246 e. The first kappa shape index (κ1) is 9.43. The monoisotopic (exact) mass is 145 g/mol. The summed E-state index contributed by atoms with van der Waals surface area (Å²) in [6, 6.07) is 0. The van der Waals surface area contributed by atoms with Crippen molar-refractivity contribution in [1.82, 2.24) is 5.48 Å². The van der Waals surface area contributed by atoms with E-state index < -0.39 is 0 Å². The van der Waals surface area contributed by atoms with Gasteiger partial charge >= 0.3 is 0 Å². The molecular weight excluding hydrogens is 130 g/mol. The zero-order valence-corrected chi connectivity index (χ0v) is 6.72. The topological polar surface area (TPSA) is 49.3 Å². The van der Waals surface area contributed by atoms with Gasteiger partial charge in [-0.3, -0.25) is 10.0 Å². The van der Waals surface area contributed by atoms with Gasteiger partial charge in [0.25, 0.3) is 0 Å². The minimum absolute atomic E-state index is 0.102. The van der Waals surface area contributed by atoms with Crippen molar-refractivity contribution in [2.45, 2.75) is 27.2 Å². The average molecular weight is 145 g/mol. The Kier molecular flexibility index (Phi) is 4.03. The first-order valence-corrected chi connectivity index (χ1v) is 3.57. The van der Waals surface area contributed by atoms with Crippen molar-refractivity contribution in [1.29, 1.82) is 0 Å². The van der Waals surface area contributed by atoms with Gasteiger partial charge in [-0.15, -0.1) is 0 Å². The van der Waals surface area contributed by atoms with Crippen LogP contribution in [-0.4, -0.2) is 11.1 Å². The second kappa shape index (κ2) is 4.28. The van der Waals surface area contributed by atoms with Gasteiger partial charge in [-0.1, -0.05) is 27.2 Å². The Labute approximate surface area is 61.4 Å². The Morgan fingerprint density at radius 2 is 2.10 bits per heavy atom. The fourth-order valence-electron chi connectivity index (χ4n) is 0.714. The molecule has 0 saturated carbocycles. The third-order valence-electron chi connectivity index (χ3n) is 2.02.